The van der Waals surface area contributed by atoms with E-state index in [2.05, 4.69) is 20.4 Å². The van der Waals surface area contributed by atoms with Crippen molar-refractivity contribution in [2.75, 3.05) is 38.2 Å². The van der Waals surface area contributed by atoms with E-state index in [4.69, 9.17) is 4.74 Å². The van der Waals surface area contributed by atoms with E-state index in [0.717, 1.165) is 70.7 Å². The summed E-state index contributed by atoms with van der Waals surface area (Å²) >= 11 is 0. The first-order chi connectivity index (χ1) is 16.7. The largest absolute Gasteiger partial charge is 0.420 e. The molecule has 0 spiro atoms. The third-order valence-corrected chi connectivity index (χ3v) is 7.71. The lowest BCUT2D eigenvalue weighted by molar-refractivity contribution is -0.137. The second kappa shape index (κ2) is 9.61. The molecule has 1 aromatic carbocycles. The lowest BCUT2D eigenvalue weighted by Crippen LogP contribution is -2.32. The van der Waals surface area contributed by atoms with Gasteiger partial charge in [-0.25, -0.2) is 8.78 Å². The van der Waals surface area contributed by atoms with Gasteiger partial charge >= 0.3 is 6.18 Å². The molecule has 2 aliphatic heterocycles. The number of rotatable bonds is 5. The first-order valence-electron chi connectivity index (χ1n) is 12.1. The molecule has 1 aliphatic carbocycles. The predicted octanol–water partition coefficient (Wildman–Crippen LogP) is 5.30. The maximum atomic E-state index is 13.9. The number of hydrogen-bond acceptors (Lipinski definition) is 5. The Morgan fingerprint density at radius 2 is 1.71 bits per heavy atom. The normalized spacial score (nSPS) is 25.7. The molecular formula is C25H29F5N4O. The minimum Gasteiger partial charge on any atom is -0.381 e. The van der Waals surface area contributed by atoms with Crippen LogP contribution in [0, 0.1) is 36.3 Å². The predicted molar refractivity (Wildman–Crippen MR) is 121 cm³/mol. The second-order valence-corrected chi connectivity index (χ2v) is 10.2. The first-order valence-corrected chi connectivity index (χ1v) is 12.1. The standard InChI is InChI=1S/C25H29F5N4O/c1-14-20(8-18(26)9-22(14)27)23-10-21(25(28,29)30)24(33-32-23)31-19-6-16-12-34(13-17(16)7-19)11-15-2-4-35-5-3-15/h8-10,15-17,19H,2-7,11-13H2,1H3,(H,31,33)/t16-,17+,19+. The Kier molecular flexibility index (Phi) is 6.69. The highest BCUT2D eigenvalue weighted by Gasteiger charge is 2.43. The number of aromatic nitrogens is 2. The third kappa shape index (κ3) is 5.28. The molecule has 1 saturated carbocycles. The first kappa shape index (κ1) is 24.4. The van der Waals surface area contributed by atoms with E-state index in [1.54, 1.807) is 0 Å². The fourth-order valence-electron chi connectivity index (χ4n) is 5.91. The van der Waals surface area contributed by atoms with Crippen LogP contribution in [0.2, 0.25) is 0 Å². The molecule has 3 fully saturated rings. The number of fused-ring (bicyclic) bond motifs is 1. The Labute approximate surface area is 201 Å². The van der Waals surface area contributed by atoms with E-state index in [9.17, 15) is 22.0 Å². The molecule has 1 aromatic heterocycles. The van der Waals surface area contributed by atoms with Crippen LogP contribution in [0.5, 0.6) is 0 Å². The number of anilines is 1. The topological polar surface area (TPSA) is 50.3 Å². The van der Waals surface area contributed by atoms with Crippen molar-refractivity contribution in [2.24, 2.45) is 17.8 Å². The average Bonchev–Trinajstić information content (AvgIpc) is 3.34. The number of alkyl halides is 3. The lowest BCUT2D eigenvalue weighted by atomic mass is 10.00. The van der Waals surface area contributed by atoms with Crippen LogP contribution in [0.3, 0.4) is 0 Å². The molecule has 2 saturated heterocycles. The van der Waals surface area contributed by atoms with Gasteiger partial charge in [-0.15, -0.1) is 10.2 Å². The zero-order valence-corrected chi connectivity index (χ0v) is 19.5. The summed E-state index contributed by atoms with van der Waals surface area (Å²) in [5.74, 6) is -0.502. The quantitative estimate of drug-likeness (QED) is 0.570. The molecule has 5 rings (SSSR count). The molecule has 1 N–H and O–H groups in total. The van der Waals surface area contributed by atoms with Gasteiger partial charge in [0.25, 0.3) is 0 Å². The van der Waals surface area contributed by atoms with Crippen molar-refractivity contribution >= 4 is 5.82 Å². The van der Waals surface area contributed by atoms with Crippen molar-refractivity contribution in [2.45, 2.75) is 44.8 Å². The maximum Gasteiger partial charge on any atom is 0.420 e. The summed E-state index contributed by atoms with van der Waals surface area (Å²) in [7, 11) is 0. The smallest absolute Gasteiger partial charge is 0.381 e. The van der Waals surface area contributed by atoms with Gasteiger partial charge in [0.15, 0.2) is 5.82 Å². The highest BCUT2D eigenvalue weighted by molar-refractivity contribution is 5.66. The van der Waals surface area contributed by atoms with Crippen molar-refractivity contribution < 1.29 is 26.7 Å². The fraction of sp³-hybridized carbons (Fsp3) is 0.600. The van der Waals surface area contributed by atoms with E-state index >= 15 is 0 Å². The molecule has 3 aliphatic rings. The summed E-state index contributed by atoms with van der Waals surface area (Å²) in [5.41, 5.74) is -1.23. The van der Waals surface area contributed by atoms with Crippen molar-refractivity contribution in [1.29, 1.82) is 0 Å². The molecule has 0 radical (unpaired) electrons. The van der Waals surface area contributed by atoms with Gasteiger partial charge in [0.2, 0.25) is 0 Å². The van der Waals surface area contributed by atoms with Crippen LogP contribution >= 0.6 is 0 Å². The molecule has 190 valence electrons. The summed E-state index contributed by atoms with van der Waals surface area (Å²) in [6.07, 6.45) is -0.949. The number of nitrogens with one attached hydrogen (secondary N) is 1. The number of ether oxygens (including phenoxy) is 1. The lowest BCUT2D eigenvalue weighted by Gasteiger charge is -2.28. The van der Waals surface area contributed by atoms with Gasteiger partial charge in [0, 0.05) is 50.5 Å². The third-order valence-electron chi connectivity index (χ3n) is 7.71. The van der Waals surface area contributed by atoms with Crippen molar-refractivity contribution in [3.63, 3.8) is 0 Å². The molecule has 0 unspecified atom stereocenters. The van der Waals surface area contributed by atoms with Gasteiger partial charge < -0.3 is 15.0 Å². The van der Waals surface area contributed by atoms with Crippen LogP contribution in [-0.4, -0.2) is 54.0 Å². The molecule has 0 bridgehead atoms. The molecule has 3 heterocycles. The van der Waals surface area contributed by atoms with E-state index in [-0.39, 0.29) is 28.7 Å². The van der Waals surface area contributed by atoms with E-state index in [1.807, 2.05) is 0 Å². The number of nitrogens with zero attached hydrogens (tertiary/aromatic N) is 3. The minimum atomic E-state index is -4.69. The molecule has 3 atom stereocenters. The van der Waals surface area contributed by atoms with E-state index < -0.39 is 23.4 Å². The molecule has 5 nitrogen and oxygen atoms in total. The Morgan fingerprint density at radius 3 is 2.37 bits per heavy atom. The SMILES string of the molecule is Cc1c(F)cc(F)cc1-c1cc(C(F)(F)F)c(N[C@H]2C[C@@H]3CN(CC4CCOCC4)C[C@@H]3C2)nn1. The monoisotopic (exact) mass is 496 g/mol. The molecule has 35 heavy (non-hydrogen) atoms. The molecule has 0 amide bonds. The van der Waals surface area contributed by atoms with Crippen LogP contribution in [0.25, 0.3) is 11.3 Å². The van der Waals surface area contributed by atoms with Crippen LogP contribution in [0.15, 0.2) is 18.2 Å². The van der Waals surface area contributed by atoms with Gasteiger partial charge in [-0.3, -0.25) is 0 Å². The van der Waals surface area contributed by atoms with E-state index in [1.165, 1.54) is 6.92 Å². The van der Waals surface area contributed by atoms with E-state index in [0.29, 0.717) is 23.8 Å². The Hall–Kier alpha value is -2.33. The summed E-state index contributed by atoms with van der Waals surface area (Å²) in [4.78, 5) is 2.50. The van der Waals surface area contributed by atoms with Gasteiger partial charge in [0.05, 0.1) is 5.69 Å². The van der Waals surface area contributed by atoms with Gasteiger partial charge in [0.1, 0.15) is 17.2 Å². The second-order valence-electron chi connectivity index (χ2n) is 10.2. The molecule has 10 heteroatoms. The Morgan fingerprint density at radius 1 is 1.03 bits per heavy atom. The van der Waals surface area contributed by atoms with Gasteiger partial charge in [-0.05, 0) is 68.1 Å². The molecular weight excluding hydrogens is 467 g/mol. The highest BCUT2D eigenvalue weighted by Crippen LogP contribution is 2.42. The van der Waals surface area contributed by atoms with Crippen molar-refractivity contribution in [3.05, 3.63) is 41.0 Å². The highest BCUT2D eigenvalue weighted by atomic mass is 19.4. The molecule has 2 aromatic rings. The maximum absolute atomic E-state index is 13.9. The number of benzene rings is 1. The summed E-state index contributed by atoms with van der Waals surface area (Å²) in [6, 6.07) is 2.36. The average molecular weight is 497 g/mol. The van der Waals surface area contributed by atoms with Gasteiger partial charge in [-0.1, -0.05) is 0 Å². The summed E-state index contributed by atoms with van der Waals surface area (Å²) < 4.78 is 74.8. The number of hydrogen-bond donors (Lipinski definition) is 1. The fourth-order valence-corrected chi connectivity index (χ4v) is 5.91. The summed E-state index contributed by atoms with van der Waals surface area (Å²) in [5, 5.41) is 10.7. The number of halogens is 5. The zero-order valence-electron chi connectivity index (χ0n) is 19.5. The Balaban J connectivity index is 1.28. The summed E-state index contributed by atoms with van der Waals surface area (Å²) in [6.45, 7) is 6.04. The van der Waals surface area contributed by atoms with Crippen LogP contribution in [0.1, 0.15) is 36.8 Å². The van der Waals surface area contributed by atoms with Crippen molar-refractivity contribution in [3.8, 4) is 11.3 Å². The minimum absolute atomic E-state index is 0.0171. The van der Waals surface area contributed by atoms with Crippen LogP contribution < -0.4 is 5.32 Å². The van der Waals surface area contributed by atoms with Crippen molar-refractivity contribution in [1.82, 2.24) is 15.1 Å². The van der Waals surface area contributed by atoms with Crippen LogP contribution in [-0.2, 0) is 10.9 Å². The zero-order chi connectivity index (χ0) is 24.7. The van der Waals surface area contributed by atoms with Crippen LogP contribution in [0.4, 0.5) is 27.8 Å². The Bertz CT molecular complexity index is 1060. The van der Waals surface area contributed by atoms with Gasteiger partial charge in [-0.2, -0.15) is 13.2 Å². The number of likely N-dealkylation sites (tertiary alicyclic amines) is 1.